The average Bonchev–Trinajstić information content (AvgIpc) is 2.29. The molecule has 0 amide bonds. The maximum atomic E-state index is 10.6. The molecule has 1 fully saturated rings. The van der Waals surface area contributed by atoms with E-state index in [9.17, 15) is 5.11 Å². The second-order valence-electron chi connectivity index (χ2n) is 5.02. The van der Waals surface area contributed by atoms with Gasteiger partial charge in [0, 0.05) is 12.5 Å². The number of piperidine rings is 1. The molecule has 0 aliphatic carbocycles. The molecule has 2 N–H and O–H groups in total. The first-order chi connectivity index (χ1) is 8.13. The molecule has 2 unspecified atom stereocenters. The molecule has 3 nitrogen and oxygen atoms in total. The van der Waals surface area contributed by atoms with Crippen LogP contribution < -0.4 is 10.1 Å². The Bertz CT molecular complexity index is 380. The number of nitrogens with one attached hydrogen (secondary N) is 1. The number of aliphatic hydroxyl groups is 1. The standard InChI is InChI=1S/C14H21NO2/c1-11-9-14(16,7-8-15-11)10-12-5-3-4-6-13(12)17-2/h3-6,11,15-16H,7-10H2,1-2H3. The number of hydrogen-bond donors (Lipinski definition) is 2. The zero-order chi connectivity index (χ0) is 12.3. The zero-order valence-corrected chi connectivity index (χ0v) is 10.6. The smallest absolute Gasteiger partial charge is 0.122 e. The van der Waals surface area contributed by atoms with Gasteiger partial charge < -0.3 is 15.2 Å². The monoisotopic (exact) mass is 235 g/mol. The fourth-order valence-electron chi connectivity index (χ4n) is 2.66. The number of ether oxygens (including phenoxy) is 1. The molecular formula is C14H21NO2. The lowest BCUT2D eigenvalue weighted by Gasteiger charge is -2.36. The van der Waals surface area contributed by atoms with Gasteiger partial charge in [-0.2, -0.15) is 0 Å². The van der Waals surface area contributed by atoms with E-state index < -0.39 is 5.60 Å². The minimum Gasteiger partial charge on any atom is -0.496 e. The topological polar surface area (TPSA) is 41.5 Å². The third-order valence-corrected chi connectivity index (χ3v) is 3.48. The molecule has 1 aliphatic rings. The molecule has 1 aliphatic heterocycles. The van der Waals surface area contributed by atoms with Crippen LogP contribution in [-0.2, 0) is 6.42 Å². The maximum Gasteiger partial charge on any atom is 0.122 e. The van der Waals surface area contributed by atoms with Crippen LogP contribution in [0.3, 0.4) is 0 Å². The molecule has 3 heteroatoms. The first-order valence-corrected chi connectivity index (χ1v) is 6.21. The highest BCUT2D eigenvalue weighted by Crippen LogP contribution is 2.29. The number of benzene rings is 1. The van der Waals surface area contributed by atoms with Crippen LogP contribution in [0.1, 0.15) is 25.3 Å². The highest BCUT2D eigenvalue weighted by atomic mass is 16.5. The normalized spacial score (nSPS) is 29.0. The lowest BCUT2D eigenvalue weighted by atomic mass is 9.83. The fourth-order valence-corrected chi connectivity index (χ4v) is 2.66. The zero-order valence-electron chi connectivity index (χ0n) is 10.6. The van der Waals surface area contributed by atoms with E-state index in [4.69, 9.17) is 4.74 Å². The molecule has 0 aromatic heterocycles. The van der Waals surface area contributed by atoms with Gasteiger partial charge in [0.2, 0.25) is 0 Å². The molecule has 0 saturated carbocycles. The van der Waals surface area contributed by atoms with Crippen molar-refractivity contribution >= 4 is 0 Å². The summed E-state index contributed by atoms with van der Waals surface area (Å²) < 4.78 is 5.33. The van der Waals surface area contributed by atoms with Gasteiger partial charge in [-0.05, 0) is 37.9 Å². The molecule has 2 atom stereocenters. The van der Waals surface area contributed by atoms with Crippen molar-refractivity contribution in [3.05, 3.63) is 29.8 Å². The van der Waals surface area contributed by atoms with E-state index in [2.05, 4.69) is 12.2 Å². The van der Waals surface area contributed by atoms with Crippen molar-refractivity contribution in [3.63, 3.8) is 0 Å². The van der Waals surface area contributed by atoms with Gasteiger partial charge in [-0.25, -0.2) is 0 Å². The van der Waals surface area contributed by atoms with Crippen LogP contribution in [-0.4, -0.2) is 30.4 Å². The Balaban J connectivity index is 2.13. The minimum absolute atomic E-state index is 0.378. The largest absolute Gasteiger partial charge is 0.496 e. The van der Waals surface area contributed by atoms with E-state index >= 15 is 0 Å². The maximum absolute atomic E-state index is 10.6. The van der Waals surface area contributed by atoms with Crippen LogP contribution in [0.15, 0.2) is 24.3 Å². The van der Waals surface area contributed by atoms with E-state index in [0.29, 0.717) is 12.5 Å². The molecule has 2 rings (SSSR count). The van der Waals surface area contributed by atoms with Crippen LogP contribution in [0, 0.1) is 0 Å². The molecule has 0 radical (unpaired) electrons. The Kier molecular flexibility index (Phi) is 3.69. The summed E-state index contributed by atoms with van der Waals surface area (Å²) in [7, 11) is 1.67. The molecular weight excluding hydrogens is 214 g/mol. The summed E-state index contributed by atoms with van der Waals surface area (Å²) in [5.41, 5.74) is 0.492. The Labute approximate surface area is 103 Å². The average molecular weight is 235 g/mol. The Morgan fingerprint density at radius 2 is 2.24 bits per heavy atom. The van der Waals surface area contributed by atoms with Crippen molar-refractivity contribution in [2.45, 2.75) is 37.8 Å². The quantitative estimate of drug-likeness (QED) is 0.838. The Hall–Kier alpha value is -1.06. The third-order valence-electron chi connectivity index (χ3n) is 3.48. The predicted octanol–water partition coefficient (Wildman–Crippen LogP) is 1.74. The Morgan fingerprint density at radius 3 is 2.94 bits per heavy atom. The van der Waals surface area contributed by atoms with Crippen molar-refractivity contribution in [2.24, 2.45) is 0 Å². The van der Waals surface area contributed by atoms with Gasteiger partial charge in [0.1, 0.15) is 5.75 Å². The van der Waals surface area contributed by atoms with Gasteiger partial charge >= 0.3 is 0 Å². The van der Waals surface area contributed by atoms with Crippen molar-refractivity contribution in [1.29, 1.82) is 0 Å². The predicted molar refractivity (Wildman–Crippen MR) is 68.3 cm³/mol. The molecule has 17 heavy (non-hydrogen) atoms. The van der Waals surface area contributed by atoms with Crippen molar-refractivity contribution in [2.75, 3.05) is 13.7 Å². The Morgan fingerprint density at radius 1 is 1.47 bits per heavy atom. The lowest BCUT2D eigenvalue weighted by molar-refractivity contribution is -0.00167. The van der Waals surface area contributed by atoms with Gasteiger partial charge in [0.25, 0.3) is 0 Å². The summed E-state index contributed by atoms with van der Waals surface area (Å²) in [5, 5.41) is 14.0. The van der Waals surface area contributed by atoms with E-state index in [0.717, 1.165) is 30.7 Å². The highest BCUT2D eigenvalue weighted by molar-refractivity contribution is 5.34. The fraction of sp³-hybridized carbons (Fsp3) is 0.571. The molecule has 0 spiro atoms. The summed E-state index contributed by atoms with van der Waals surface area (Å²) in [5.74, 6) is 0.868. The van der Waals surface area contributed by atoms with E-state index in [-0.39, 0.29) is 0 Å². The van der Waals surface area contributed by atoms with Crippen molar-refractivity contribution in [1.82, 2.24) is 5.32 Å². The van der Waals surface area contributed by atoms with E-state index in [1.54, 1.807) is 7.11 Å². The van der Waals surface area contributed by atoms with E-state index in [1.165, 1.54) is 0 Å². The van der Waals surface area contributed by atoms with Crippen molar-refractivity contribution < 1.29 is 9.84 Å². The summed E-state index contributed by atoms with van der Waals surface area (Å²) in [6.45, 7) is 3.00. The van der Waals surface area contributed by atoms with Gasteiger partial charge in [0.05, 0.1) is 12.7 Å². The molecule has 0 bridgehead atoms. The number of rotatable bonds is 3. The van der Waals surface area contributed by atoms with Crippen molar-refractivity contribution in [3.8, 4) is 5.75 Å². The van der Waals surface area contributed by atoms with Gasteiger partial charge in [0.15, 0.2) is 0 Å². The minimum atomic E-state index is -0.598. The van der Waals surface area contributed by atoms with Crippen LogP contribution in [0.2, 0.25) is 0 Å². The summed E-state index contributed by atoms with van der Waals surface area (Å²) >= 11 is 0. The van der Waals surface area contributed by atoms with E-state index in [1.807, 2.05) is 24.3 Å². The van der Waals surface area contributed by atoms with Gasteiger partial charge in [-0.1, -0.05) is 18.2 Å². The molecule has 1 heterocycles. The summed E-state index contributed by atoms with van der Waals surface area (Å²) in [4.78, 5) is 0. The number of para-hydroxylation sites is 1. The lowest BCUT2D eigenvalue weighted by Crippen LogP contribution is -2.48. The van der Waals surface area contributed by atoms with Gasteiger partial charge in [-0.15, -0.1) is 0 Å². The molecule has 1 aromatic carbocycles. The number of hydrogen-bond acceptors (Lipinski definition) is 3. The first kappa shape index (κ1) is 12.4. The third kappa shape index (κ3) is 2.99. The van der Waals surface area contributed by atoms with Crippen LogP contribution in [0.4, 0.5) is 0 Å². The molecule has 94 valence electrons. The highest BCUT2D eigenvalue weighted by Gasteiger charge is 2.33. The number of methoxy groups -OCH3 is 1. The van der Waals surface area contributed by atoms with Crippen LogP contribution >= 0.6 is 0 Å². The van der Waals surface area contributed by atoms with Gasteiger partial charge in [-0.3, -0.25) is 0 Å². The second kappa shape index (κ2) is 5.07. The van der Waals surface area contributed by atoms with Crippen LogP contribution in [0.25, 0.3) is 0 Å². The SMILES string of the molecule is COc1ccccc1CC1(O)CCNC(C)C1. The molecule has 1 aromatic rings. The first-order valence-electron chi connectivity index (χ1n) is 6.21. The second-order valence-corrected chi connectivity index (χ2v) is 5.02. The summed E-state index contributed by atoms with van der Waals surface area (Å²) in [6, 6.07) is 8.30. The molecule has 1 saturated heterocycles. The summed E-state index contributed by atoms with van der Waals surface area (Å²) in [6.07, 6.45) is 2.27. The van der Waals surface area contributed by atoms with Crippen LogP contribution in [0.5, 0.6) is 5.75 Å².